The van der Waals surface area contributed by atoms with Gasteiger partial charge in [-0.2, -0.15) is 0 Å². The molecule has 1 saturated heterocycles. The standard InChI is InChI=1S/C15H19NO3/c1-8-10-4-6-15(3)7-5-11(16-18)9(2)12(15)13(10)19-14(8)17/h5,7-8,10,13,18H,4,6H2,1-3H3/b16-11-. The molecule has 3 aliphatic rings. The van der Waals surface area contributed by atoms with Crippen LogP contribution >= 0.6 is 0 Å². The Hall–Kier alpha value is -1.58. The lowest BCUT2D eigenvalue weighted by molar-refractivity contribution is -0.143. The Kier molecular flexibility index (Phi) is 2.59. The molecule has 1 aliphatic heterocycles. The molecule has 2 fully saturated rings. The third kappa shape index (κ3) is 1.58. The quantitative estimate of drug-likeness (QED) is 0.414. The summed E-state index contributed by atoms with van der Waals surface area (Å²) < 4.78 is 5.61. The molecule has 2 aliphatic carbocycles. The minimum Gasteiger partial charge on any atom is -0.457 e. The van der Waals surface area contributed by atoms with E-state index < -0.39 is 0 Å². The molecule has 0 spiro atoms. The van der Waals surface area contributed by atoms with E-state index in [1.807, 2.05) is 19.9 Å². The lowest BCUT2D eigenvalue weighted by atomic mass is 9.61. The van der Waals surface area contributed by atoms with Gasteiger partial charge in [-0.3, -0.25) is 4.79 Å². The van der Waals surface area contributed by atoms with E-state index in [1.54, 1.807) is 0 Å². The van der Waals surface area contributed by atoms with Crippen LogP contribution in [0.25, 0.3) is 0 Å². The van der Waals surface area contributed by atoms with Gasteiger partial charge in [-0.1, -0.05) is 25.1 Å². The van der Waals surface area contributed by atoms with Crippen molar-refractivity contribution >= 4 is 11.7 Å². The van der Waals surface area contributed by atoms with Gasteiger partial charge in [0.2, 0.25) is 0 Å². The Morgan fingerprint density at radius 1 is 1.53 bits per heavy atom. The molecule has 0 aromatic carbocycles. The highest BCUT2D eigenvalue weighted by Gasteiger charge is 2.52. The van der Waals surface area contributed by atoms with Crippen molar-refractivity contribution in [2.75, 3.05) is 0 Å². The summed E-state index contributed by atoms with van der Waals surface area (Å²) in [5.74, 6) is 0.129. The number of esters is 1. The molecule has 4 unspecified atom stereocenters. The van der Waals surface area contributed by atoms with Crippen LogP contribution in [-0.4, -0.2) is 23.0 Å². The van der Waals surface area contributed by atoms with Crippen molar-refractivity contribution in [3.05, 3.63) is 23.3 Å². The van der Waals surface area contributed by atoms with Gasteiger partial charge in [0, 0.05) is 11.3 Å². The molecule has 0 aromatic rings. The van der Waals surface area contributed by atoms with Crippen molar-refractivity contribution in [1.29, 1.82) is 0 Å². The first kappa shape index (κ1) is 12.5. The van der Waals surface area contributed by atoms with Crippen LogP contribution in [0.5, 0.6) is 0 Å². The summed E-state index contributed by atoms with van der Waals surface area (Å²) in [4.78, 5) is 11.8. The Morgan fingerprint density at radius 3 is 2.95 bits per heavy atom. The summed E-state index contributed by atoms with van der Waals surface area (Å²) in [5.41, 5.74) is 2.56. The number of ether oxygens (including phenoxy) is 1. The fraction of sp³-hybridized carbons (Fsp3) is 0.600. The average Bonchev–Trinajstić information content (AvgIpc) is 2.65. The minimum atomic E-state index is -0.150. The largest absolute Gasteiger partial charge is 0.457 e. The van der Waals surface area contributed by atoms with Crippen LogP contribution in [0, 0.1) is 17.3 Å². The van der Waals surface area contributed by atoms with Gasteiger partial charge in [0.15, 0.2) is 0 Å². The van der Waals surface area contributed by atoms with Gasteiger partial charge < -0.3 is 9.94 Å². The van der Waals surface area contributed by atoms with Gasteiger partial charge in [-0.25, -0.2) is 0 Å². The van der Waals surface area contributed by atoms with Crippen molar-refractivity contribution in [2.45, 2.75) is 39.7 Å². The monoisotopic (exact) mass is 261 g/mol. The number of rotatable bonds is 0. The van der Waals surface area contributed by atoms with Crippen LogP contribution < -0.4 is 0 Å². The molecule has 19 heavy (non-hydrogen) atoms. The van der Waals surface area contributed by atoms with Gasteiger partial charge in [0.25, 0.3) is 0 Å². The van der Waals surface area contributed by atoms with Crippen LogP contribution in [0.1, 0.15) is 33.6 Å². The molecule has 0 amide bonds. The highest BCUT2D eigenvalue weighted by molar-refractivity contribution is 6.09. The summed E-state index contributed by atoms with van der Waals surface area (Å²) in [5, 5.41) is 12.4. The number of hydrogen-bond acceptors (Lipinski definition) is 4. The van der Waals surface area contributed by atoms with E-state index in [2.05, 4.69) is 18.2 Å². The Morgan fingerprint density at radius 2 is 2.26 bits per heavy atom. The van der Waals surface area contributed by atoms with E-state index in [-0.39, 0.29) is 29.3 Å². The second-order valence-corrected chi connectivity index (χ2v) is 6.12. The smallest absolute Gasteiger partial charge is 0.309 e. The fourth-order valence-electron chi connectivity index (χ4n) is 3.81. The summed E-state index contributed by atoms with van der Waals surface area (Å²) in [7, 11) is 0. The maximum absolute atomic E-state index is 11.8. The predicted octanol–water partition coefficient (Wildman–Crippen LogP) is 2.68. The van der Waals surface area contributed by atoms with E-state index in [0.717, 1.165) is 24.0 Å². The molecule has 0 bridgehead atoms. The highest BCUT2D eigenvalue weighted by Crippen LogP contribution is 2.53. The van der Waals surface area contributed by atoms with Gasteiger partial charge in [0.1, 0.15) is 11.8 Å². The lowest BCUT2D eigenvalue weighted by Gasteiger charge is -2.43. The summed E-state index contributed by atoms with van der Waals surface area (Å²) in [6, 6.07) is 0. The molecule has 4 atom stereocenters. The van der Waals surface area contributed by atoms with Gasteiger partial charge >= 0.3 is 5.97 Å². The van der Waals surface area contributed by atoms with E-state index in [9.17, 15) is 4.79 Å². The van der Waals surface area contributed by atoms with Gasteiger partial charge in [-0.05, 0) is 37.0 Å². The number of hydrogen-bond donors (Lipinski definition) is 1. The van der Waals surface area contributed by atoms with E-state index in [1.165, 1.54) is 0 Å². The van der Waals surface area contributed by atoms with Crippen LogP contribution in [0.4, 0.5) is 0 Å². The van der Waals surface area contributed by atoms with Crippen molar-refractivity contribution in [3.8, 4) is 0 Å². The first-order valence-electron chi connectivity index (χ1n) is 6.81. The zero-order valence-corrected chi connectivity index (χ0v) is 11.5. The second kappa shape index (κ2) is 3.95. The molecule has 4 heteroatoms. The summed E-state index contributed by atoms with van der Waals surface area (Å²) >= 11 is 0. The molecule has 3 rings (SSSR count). The molecular weight excluding hydrogens is 242 g/mol. The number of oxime groups is 1. The summed E-state index contributed by atoms with van der Waals surface area (Å²) in [6.07, 6.45) is 5.80. The third-order valence-electron chi connectivity index (χ3n) is 5.05. The van der Waals surface area contributed by atoms with Crippen molar-refractivity contribution in [2.24, 2.45) is 22.4 Å². The number of allylic oxidation sites excluding steroid dienone is 3. The van der Waals surface area contributed by atoms with Crippen LogP contribution in [0.3, 0.4) is 0 Å². The van der Waals surface area contributed by atoms with Crippen molar-refractivity contribution in [3.63, 3.8) is 0 Å². The predicted molar refractivity (Wildman–Crippen MR) is 70.9 cm³/mol. The number of fused-ring (bicyclic) bond motifs is 3. The zero-order chi connectivity index (χ0) is 13.8. The highest BCUT2D eigenvalue weighted by atomic mass is 16.6. The van der Waals surface area contributed by atoms with Crippen molar-refractivity contribution < 1.29 is 14.7 Å². The molecule has 4 nitrogen and oxygen atoms in total. The van der Waals surface area contributed by atoms with E-state index >= 15 is 0 Å². The maximum atomic E-state index is 11.8. The molecule has 102 valence electrons. The normalized spacial score (nSPS) is 43.2. The minimum absolute atomic E-state index is 0.0322. The maximum Gasteiger partial charge on any atom is 0.309 e. The number of nitrogens with zero attached hydrogens (tertiary/aromatic N) is 1. The topological polar surface area (TPSA) is 58.9 Å². The first-order chi connectivity index (χ1) is 8.98. The van der Waals surface area contributed by atoms with E-state index in [4.69, 9.17) is 9.94 Å². The Balaban J connectivity index is 2.11. The lowest BCUT2D eigenvalue weighted by Crippen LogP contribution is -2.39. The first-order valence-corrected chi connectivity index (χ1v) is 6.81. The fourth-order valence-corrected chi connectivity index (χ4v) is 3.81. The SMILES string of the molecule is CC1=C2C3OC(=O)C(C)C3CCC2(C)C=C/C1=N/O. The Bertz CT molecular complexity index is 532. The molecule has 1 saturated carbocycles. The third-order valence-corrected chi connectivity index (χ3v) is 5.05. The van der Waals surface area contributed by atoms with Crippen LogP contribution in [0.15, 0.2) is 28.5 Å². The summed E-state index contributed by atoms with van der Waals surface area (Å²) in [6.45, 7) is 6.07. The molecule has 0 aromatic heterocycles. The second-order valence-electron chi connectivity index (χ2n) is 6.12. The number of carbonyl (C=O) groups is 1. The van der Waals surface area contributed by atoms with E-state index in [0.29, 0.717) is 5.71 Å². The van der Waals surface area contributed by atoms with Crippen LogP contribution in [0.2, 0.25) is 0 Å². The van der Waals surface area contributed by atoms with Crippen molar-refractivity contribution in [1.82, 2.24) is 0 Å². The van der Waals surface area contributed by atoms with Crippen LogP contribution in [-0.2, 0) is 9.53 Å². The molecule has 1 heterocycles. The average molecular weight is 261 g/mol. The molecular formula is C15H19NO3. The zero-order valence-electron chi connectivity index (χ0n) is 11.5. The Labute approximate surface area is 112 Å². The number of carbonyl (C=O) groups excluding carboxylic acids is 1. The molecule has 0 radical (unpaired) electrons. The van der Waals surface area contributed by atoms with Gasteiger partial charge in [0.05, 0.1) is 5.92 Å². The van der Waals surface area contributed by atoms with Gasteiger partial charge in [-0.15, -0.1) is 0 Å². The molecule has 1 N–H and O–H groups in total.